The highest BCUT2D eigenvalue weighted by atomic mass is 16.5. The molecule has 7 heteroatoms. The Morgan fingerprint density at radius 2 is 2.20 bits per heavy atom. The fourth-order valence-electron chi connectivity index (χ4n) is 2.36. The summed E-state index contributed by atoms with van der Waals surface area (Å²) in [6, 6.07) is 7.47. The molecule has 3 rings (SSSR count). The average molecular weight is 275 g/mol. The van der Waals surface area contributed by atoms with Crippen LogP contribution < -0.4 is 5.73 Å². The Balaban J connectivity index is 1.88. The van der Waals surface area contributed by atoms with Crippen LogP contribution in [0.3, 0.4) is 0 Å². The molecule has 0 amide bonds. The summed E-state index contributed by atoms with van der Waals surface area (Å²) >= 11 is 0. The summed E-state index contributed by atoms with van der Waals surface area (Å²) in [5.74, 6) is 0.702. The van der Waals surface area contributed by atoms with E-state index in [9.17, 15) is 0 Å². The van der Waals surface area contributed by atoms with Gasteiger partial charge in [0.1, 0.15) is 5.60 Å². The first-order chi connectivity index (χ1) is 9.72. The molecule has 2 aromatic rings. The number of ether oxygens (including phenoxy) is 2. The molecule has 20 heavy (non-hydrogen) atoms. The van der Waals surface area contributed by atoms with Gasteiger partial charge in [-0.1, -0.05) is 0 Å². The molecule has 2 heterocycles. The van der Waals surface area contributed by atoms with Crippen LogP contribution in [0.5, 0.6) is 0 Å². The van der Waals surface area contributed by atoms with Gasteiger partial charge in [-0.15, -0.1) is 5.10 Å². The number of methoxy groups -OCH3 is 1. The van der Waals surface area contributed by atoms with Crippen LogP contribution in [0.25, 0.3) is 11.4 Å². The Kier molecular flexibility index (Phi) is 3.37. The van der Waals surface area contributed by atoms with Crippen molar-refractivity contribution < 1.29 is 9.47 Å². The number of nitrogens with zero attached hydrogens (tertiary/aromatic N) is 4. The second-order valence-electron chi connectivity index (χ2n) is 4.97. The van der Waals surface area contributed by atoms with Crippen LogP contribution in [0.1, 0.15) is 6.42 Å². The number of rotatable bonds is 4. The van der Waals surface area contributed by atoms with Crippen LogP contribution in [0.15, 0.2) is 24.3 Å². The predicted molar refractivity (Wildman–Crippen MR) is 72.8 cm³/mol. The molecule has 1 aromatic heterocycles. The Morgan fingerprint density at radius 1 is 1.40 bits per heavy atom. The van der Waals surface area contributed by atoms with Crippen molar-refractivity contribution in [2.75, 3.05) is 26.1 Å². The van der Waals surface area contributed by atoms with E-state index in [0.717, 1.165) is 12.0 Å². The van der Waals surface area contributed by atoms with Crippen molar-refractivity contribution in [3.05, 3.63) is 24.3 Å². The number of aromatic nitrogens is 4. The molecule has 0 saturated carbocycles. The van der Waals surface area contributed by atoms with Crippen molar-refractivity contribution in [2.24, 2.45) is 0 Å². The second-order valence-corrected chi connectivity index (χ2v) is 4.97. The SMILES string of the molecule is COC1(Cn2nnnc2-c2ccc(N)cc2)CCOC1. The maximum atomic E-state index is 5.70. The van der Waals surface area contributed by atoms with E-state index in [2.05, 4.69) is 15.5 Å². The van der Waals surface area contributed by atoms with Crippen LogP contribution in [-0.2, 0) is 16.0 Å². The lowest BCUT2D eigenvalue weighted by atomic mass is 10.0. The fourth-order valence-corrected chi connectivity index (χ4v) is 2.36. The van der Waals surface area contributed by atoms with Crippen molar-refractivity contribution >= 4 is 5.69 Å². The first-order valence-corrected chi connectivity index (χ1v) is 6.47. The molecule has 1 aliphatic heterocycles. The summed E-state index contributed by atoms with van der Waals surface area (Å²) in [6.45, 7) is 1.83. The highest BCUT2D eigenvalue weighted by molar-refractivity contribution is 5.58. The van der Waals surface area contributed by atoms with Gasteiger partial charge in [-0.25, -0.2) is 4.68 Å². The van der Waals surface area contributed by atoms with Gasteiger partial charge in [-0.3, -0.25) is 0 Å². The van der Waals surface area contributed by atoms with Crippen LogP contribution in [0.2, 0.25) is 0 Å². The van der Waals surface area contributed by atoms with Gasteiger partial charge in [0, 0.05) is 31.4 Å². The second kappa shape index (κ2) is 5.18. The Morgan fingerprint density at radius 3 is 2.85 bits per heavy atom. The van der Waals surface area contributed by atoms with Crippen LogP contribution in [-0.4, -0.2) is 46.1 Å². The molecule has 0 spiro atoms. The van der Waals surface area contributed by atoms with E-state index in [1.54, 1.807) is 11.8 Å². The summed E-state index contributed by atoms with van der Waals surface area (Å²) < 4.78 is 12.8. The quantitative estimate of drug-likeness (QED) is 0.827. The zero-order chi connectivity index (χ0) is 14.0. The van der Waals surface area contributed by atoms with E-state index in [4.69, 9.17) is 15.2 Å². The number of hydrogen-bond acceptors (Lipinski definition) is 6. The van der Waals surface area contributed by atoms with E-state index in [1.165, 1.54) is 0 Å². The van der Waals surface area contributed by atoms with Gasteiger partial charge in [0.05, 0.1) is 13.2 Å². The first-order valence-electron chi connectivity index (χ1n) is 6.47. The van der Waals surface area contributed by atoms with Crippen LogP contribution >= 0.6 is 0 Å². The monoisotopic (exact) mass is 275 g/mol. The van der Waals surface area contributed by atoms with Crippen molar-refractivity contribution in [3.8, 4) is 11.4 Å². The Labute approximate surface area is 116 Å². The molecule has 1 atom stereocenters. The van der Waals surface area contributed by atoms with Crippen LogP contribution in [0.4, 0.5) is 5.69 Å². The van der Waals surface area contributed by atoms with E-state index in [1.807, 2.05) is 24.3 Å². The largest absolute Gasteiger partial charge is 0.399 e. The average Bonchev–Trinajstić information content (AvgIpc) is 3.10. The van der Waals surface area contributed by atoms with Gasteiger partial charge in [0.25, 0.3) is 0 Å². The topological polar surface area (TPSA) is 88.1 Å². The first kappa shape index (κ1) is 13.0. The van der Waals surface area contributed by atoms with E-state index >= 15 is 0 Å². The number of nitrogen functional groups attached to an aromatic ring is 1. The van der Waals surface area contributed by atoms with Crippen molar-refractivity contribution in [1.29, 1.82) is 0 Å². The fraction of sp³-hybridized carbons (Fsp3) is 0.462. The molecule has 0 bridgehead atoms. The molecule has 0 radical (unpaired) electrons. The molecule has 7 nitrogen and oxygen atoms in total. The lowest BCUT2D eigenvalue weighted by Gasteiger charge is -2.25. The van der Waals surface area contributed by atoms with Gasteiger partial charge < -0.3 is 15.2 Å². The third kappa shape index (κ3) is 2.37. The summed E-state index contributed by atoms with van der Waals surface area (Å²) in [6.07, 6.45) is 0.838. The highest BCUT2D eigenvalue weighted by Crippen LogP contribution is 2.26. The van der Waals surface area contributed by atoms with Gasteiger partial charge in [0.15, 0.2) is 5.82 Å². The molecular weight excluding hydrogens is 258 g/mol. The number of nitrogens with two attached hydrogens (primary N) is 1. The Hall–Kier alpha value is -1.99. The number of anilines is 1. The van der Waals surface area contributed by atoms with E-state index < -0.39 is 0 Å². The van der Waals surface area contributed by atoms with Gasteiger partial charge >= 0.3 is 0 Å². The number of hydrogen-bond donors (Lipinski definition) is 1. The maximum absolute atomic E-state index is 5.70. The lowest BCUT2D eigenvalue weighted by Crippen LogP contribution is -2.37. The Bertz CT molecular complexity index is 575. The summed E-state index contributed by atoms with van der Waals surface area (Å²) in [5.41, 5.74) is 6.99. The zero-order valence-corrected chi connectivity index (χ0v) is 11.3. The minimum atomic E-state index is -0.349. The van der Waals surface area contributed by atoms with Crippen LogP contribution in [0, 0.1) is 0 Å². The zero-order valence-electron chi connectivity index (χ0n) is 11.3. The lowest BCUT2D eigenvalue weighted by molar-refractivity contribution is -0.0317. The molecule has 1 fully saturated rings. The third-order valence-electron chi connectivity index (χ3n) is 3.64. The molecule has 1 saturated heterocycles. The summed E-state index contributed by atoms with van der Waals surface area (Å²) in [5, 5.41) is 11.9. The summed E-state index contributed by atoms with van der Waals surface area (Å²) in [7, 11) is 1.70. The van der Waals surface area contributed by atoms with Crippen molar-refractivity contribution in [1.82, 2.24) is 20.2 Å². The minimum Gasteiger partial charge on any atom is -0.399 e. The third-order valence-corrected chi connectivity index (χ3v) is 3.64. The number of benzene rings is 1. The molecule has 1 unspecified atom stereocenters. The van der Waals surface area contributed by atoms with E-state index in [0.29, 0.717) is 31.3 Å². The normalized spacial score (nSPS) is 22.2. The van der Waals surface area contributed by atoms with E-state index in [-0.39, 0.29) is 5.60 Å². The molecule has 2 N–H and O–H groups in total. The molecule has 1 aliphatic rings. The summed E-state index contributed by atoms with van der Waals surface area (Å²) in [4.78, 5) is 0. The van der Waals surface area contributed by atoms with Gasteiger partial charge in [0.2, 0.25) is 0 Å². The predicted octanol–water partition coefficient (Wildman–Crippen LogP) is 0.728. The molecule has 106 valence electrons. The number of tetrazole rings is 1. The van der Waals surface area contributed by atoms with Gasteiger partial charge in [-0.2, -0.15) is 0 Å². The molecule has 1 aromatic carbocycles. The maximum Gasteiger partial charge on any atom is 0.182 e. The smallest absolute Gasteiger partial charge is 0.182 e. The standard InChI is InChI=1S/C13H17N5O2/c1-19-13(6-7-20-9-13)8-18-12(15-16-17-18)10-2-4-11(14)5-3-10/h2-5H,6-9,14H2,1H3. The van der Waals surface area contributed by atoms with Crippen molar-refractivity contribution in [2.45, 2.75) is 18.6 Å². The van der Waals surface area contributed by atoms with Gasteiger partial charge in [-0.05, 0) is 34.7 Å². The molecule has 0 aliphatic carbocycles. The minimum absolute atomic E-state index is 0.349. The highest BCUT2D eigenvalue weighted by Gasteiger charge is 2.36. The molecular formula is C13H17N5O2. The van der Waals surface area contributed by atoms with Crippen molar-refractivity contribution in [3.63, 3.8) is 0 Å².